The van der Waals surface area contributed by atoms with Crippen LogP contribution in [0.15, 0.2) is 41.0 Å². The zero-order valence-electron chi connectivity index (χ0n) is 9.03. The molecule has 0 fully saturated rings. The Balaban J connectivity index is 2.38. The van der Waals surface area contributed by atoms with Crippen LogP contribution in [-0.4, -0.2) is 0 Å². The fraction of sp³-hybridized carbons (Fsp3) is 0.231. The minimum absolute atomic E-state index is 0.166. The van der Waals surface area contributed by atoms with E-state index in [9.17, 15) is 0 Å². The molecule has 2 nitrogen and oxygen atoms in total. The maximum Gasteiger partial charge on any atom is 0.125 e. The molecule has 2 aromatic rings. The van der Waals surface area contributed by atoms with E-state index in [1.165, 1.54) is 11.1 Å². The molecule has 0 saturated heterocycles. The van der Waals surface area contributed by atoms with E-state index in [4.69, 9.17) is 10.2 Å². The second-order valence-electron chi connectivity index (χ2n) is 3.85. The molecule has 0 amide bonds. The molecule has 2 rings (SSSR count). The van der Waals surface area contributed by atoms with E-state index in [-0.39, 0.29) is 6.04 Å². The molecule has 0 radical (unpaired) electrons. The lowest BCUT2D eigenvalue weighted by Gasteiger charge is -2.12. The molecule has 78 valence electrons. The van der Waals surface area contributed by atoms with Crippen LogP contribution in [0.3, 0.4) is 0 Å². The van der Waals surface area contributed by atoms with Gasteiger partial charge >= 0.3 is 0 Å². The number of benzene rings is 1. The van der Waals surface area contributed by atoms with Crippen LogP contribution in [0.25, 0.3) is 0 Å². The van der Waals surface area contributed by atoms with E-state index < -0.39 is 0 Å². The van der Waals surface area contributed by atoms with Crippen molar-refractivity contribution in [1.29, 1.82) is 0 Å². The average Bonchev–Trinajstić information content (AvgIpc) is 2.69. The topological polar surface area (TPSA) is 39.2 Å². The molecule has 1 unspecified atom stereocenters. The summed E-state index contributed by atoms with van der Waals surface area (Å²) in [5.74, 6) is 0.807. The number of furan rings is 1. The van der Waals surface area contributed by atoms with Crippen LogP contribution < -0.4 is 5.73 Å². The zero-order valence-corrected chi connectivity index (χ0v) is 9.03. The van der Waals surface area contributed by atoms with Gasteiger partial charge in [-0.25, -0.2) is 0 Å². The van der Waals surface area contributed by atoms with Crippen molar-refractivity contribution in [2.45, 2.75) is 19.9 Å². The minimum Gasteiger partial charge on any atom is -0.467 e. The molecule has 1 aromatic carbocycles. The Kier molecular flexibility index (Phi) is 2.60. The molecule has 1 aromatic heterocycles. The van der Waals surface area contributed by atoms with Crippen LogP contribution in [-0.2, 0) is 0 Å². The molecule has 0 aliphatic rings. The van der Waals surface area contributed by atoms with E-state index >= 15 is 0 Å². The normalized spacial score (nSPS) is 12.7. The van der Waals surface area contributed by atoms with Gasteiger partial charge in [-0.15, -0.1) is 0 Å². The largest absolute Gasteiger partial charge is 0.467 e. The molecule has 0 bridgehead atoms. The molecule has 1 heterocycles. The highest BCUT2D eigenvalue weighted by molar-refractivity contribution is 5.35. The molecule has 1 atom stereocenters. The summed E-state index contributed by atoms with van der Waals surface area (Å²) in [4.78, 5) is 0. The van der Waals surface area contributed by atoms with E-state index in [0.29, 0.717) is 0 Å². The number of nitrogens with two attached hydrogens (primary N) is 1. The van der Waals surface area contributed by atoms with Crippen molar-refractivity contribution in [3.8, 4) is 0 Å². The van der Waals surface area contributed by atoms with Crippen LogP contribution in [0.4, 0.5) is 0 Å². The fourth-order valence-electron chi connectivity index (χ4n) is 1.80. The van der Waals surface area contributed by atoms with Crippen LogP contribution >= 0.6 is 0 Å². The van der Waals surface area contributed by atoms with Gasteiger partial charge in [-0.05, 0) is 37.1 Å². The molecular weight excluding hydrogens is 186 g/mol. The zero-order chi connectivity index (χ0) is 10.8. The molecule has 15 heavy (non-hydrogen) atoms. The number of hydrogen-bond donors (Lipinski definition) is 1. The van der Waals surface area contributed by atoms with Gasteiger partial charge in [0.25, 0.3) is 0 Å². The Bertz CT molecular complexity index is 446. The van der Waals surface area contributed by atoms with Gasteiger partial charge in [0, 0.05) is 0 Å². The summed E-state index contributed by atoms with van der Waals surface area (Å²) < 4.78 is 5.31. The highest BCUT2D eigenvalue weighted by Gasteiger charge is 2.13. The first-order valence-electron chi connectivity index (χ1n) is 5.04. The van der Waals surface area contributed by atoms with E-state index in [0.717, 1.165) is 11.3 Å². The summed E-state index contributed by atoms with van der Waals surface area (Å²) >= 11 is 0. The highest BCUT2D eigenvalue weighted by Crippen LogP contribution is 2.23. The summed E-state index contributed by atoms with van der Waals surface area (Å²) in [5, 5.41) is 0. The molecule has 0 spiro atoms. The monoisotopic (exact) mass is 201 g/mol. The third kappa shape index (κ3) is 1.95. The van der Waals surface area contributed by atoms with Gasteiger partial charge in [-0.1, -0.05) is 23.8 Å². The van der Waals surface area contributed by atoms with Crippen molar-refractivity contribution in [3.63, 3.8) is 0 Å². The molecule has 2 heteroatoms. The van der Waals surface area contributed by atoms with Crippen LogP contribution in [0.1, 0.15) is 28.5 Å². The van der Waals surface area contributed by atoms with E-state index in [1.54, 1.807) is 6.26 Å². The van der Waals surface area contributed by atoms with Crippen LogP contribution in [0.5, 0.6) is 0 Å². The van der Waals surface area contributed by atoms with Gasteiger partial charge in [0.15, 0.2) is 0 Å². The summed E-state index contributed by atoms with van der Waals surface area (Å²) in [5.41, 5.74) is 9.70. The molecule has 0 saturated carbocycles. The second-order valence-corrected chi connectivity index (χ2v) is 3.85. The van der Waals surface area contributed by atoms with Gasteiger partial charge in [0.2, 0.25) is 0 Å². The maximum atomic E-state index is 6.12. The highest BCUT2D eigenvalue weighted by atomic mass is 16.3. The maximum absolute atomic E-state index is 6.12. The Morgan fingerprint density at radius 3 is 2.60 bits per heavy atom. The van der Waals surface area contributed by atoms with Gasteiger partial charge in [0.05, 0.1) is 12.3 Å². The predicted molar refractivity (Wildman–Crippen MR) is 60.7 cm³/mol. The minimum atomic E-state index is -0.166. The summed E-state index contributed by atoms with van der Waals surface area (Å²) in [7, 11) is 0. The third-order valence-electron chi connectivity index (χ3n) is 2.61. The number of hydrogen-bond acceptors (Lipinski definition) is 2. The molecule has 2 N–H and O–H groups in total. The first-order valence-corrected chi connectivity index (χ1v) is 5.04. The lowest BCUT2D eigenvalue weighted by Crippen LogP contribution is -2.12. The Morgan fingerprint density at radius 1 is 1.20 bits per heavy atom. The predicted octanol–water partition coefficient (Wildman–Crippen LogP) is 2.94. The Hall–Kier alpha value is -1.54. The quantitative estimate of drug-likeness (QED) is 0.811. The fourth-order valence-corrected chi connectivity index (χ4v) is 1.80. The van der Waals surface area contributed by atoms with E-state index in [1.807, 2.05) is 12.1 Å². The van der Waals surface area contributed by atoms with Crippen molar-refractivity contribution >= 4 is 0 Å². The van der Waals surface area contributed by atoms with Gasteiger partial charge < -0.3 is 10.2 Å². The third-order valence-corrected chi connectivity index (χ3v) is 2.61. The lowest BCUT2D eigenvalue weighted by molar-refractivity contribution is 0.489. The smallest absolute Gasteiger partial charge is 0.125 e. The van der Waals surface area contributed by atoms with Crippen LogP contribution in [0.2, 0.25) is 0 Å². The van der Waals surface area contributed by atoms with Crippen molar-refractivity contribution < 1.29 is 4.42 Å². The summed E-state index contributed by atoms with van der Waals surface area (Å²) in [6, 6.07) is 9.88. The average molecular weight is 201 g/mol. The SMILES string of the molecule is Cc1ccc(C(N)c2ccco2)c(C)c1. The molecule has 0 aliphatic carbocycles. The van der Waals surface area contributed by atoms with Gasteiger partial charge in [-0.2, -0.15) is 0 Å². The molecule has 0 aliphatic heterocycles. The van der Waals surface area contributed by atoms with Crippen LogP contribution in [0, 0.1) is 13.8 Å². The van der Waals surface area contributed by atoms with Crippen molar-refractivity contribution in [1.82, 2.24) is 0 Å². The first-order chi connectivity index (χ1) is 7.18. The molecular formula is C13H15NO. The number of rotatable bonds is 2. The number of aryl methyl sites for hydroxylation is 2. The van der Waals surface area contributed by atoms with Crippen molar-refractivity contribution in [3.05, 3.63) is 59.0 Å². The van der Waals surface area contributed by atoms with Crippen molar-refractivity contribution in [2.75, 3.05) is 0 Å². The Morgan fingerprint density at radius 2 is 2.00 bits per heavy atom. The van der Waals surface area contributed by atoms with Gasteiger partial charge in [0.1, 0.15) is 5.76 Å². The Labute approximate surface area is 89.7 Å². The standard InChI is InChI=1S/C13H15NO/c1-9-5-6-11(10(2)8-9)13(14)12-4-3-7-15-12/h3-8,13H,14H2,1-2H3. The first kappa shape index (κ1) is 9.99. The summed E-state index contributed by atoms with van der Waals surface area (Å²) in [6.45, 7) is 4.15. The van der Waals surface area contributed by atoms with Crippen molar-refractivity contribution in [2.24, 2.45) is 5.73 Å². The van der Waals surface area contributed by atoms with Gasteiger partial charge in [-0.3, -0.25) is 0 Å². The summed E-state index contributed by atoms with van der Waals surface area (Å²) in [6.07, 6.45) is 1.65. The second kappa shape index (κ2) is 3.91. The van der Waals surface area contributed by atoms with E-state index in [2.05, 4.69) is 32.0 Å². The lowest BCUT2D eigenvalue weighted by atomic mass is 9.98.